The normalized spacial score (nSPS) is 13.4. The number of ether oxygens (including phenoxy) is 1. The third-order valence-corrected chi connectivity index (χ3v) is 3.70. The van der Waals surface area contributed by atoms with E-state index in [1.807, 2.05) is 5.32 Å². The summed E-state index contributed by atoms with van der Waals surface area (Å²) < 4.78 is 59.0. The second-order valence-corrected chi connectivity index (χ2v) is 5.55. The molecule has 27 heavy (non-hydrogen) atoms. The first kappa shape index (κ1) is 20.1. The number of pyridine rings is 1. The SMILES string of the molecule is COC(=O)[C@@](NC(=O)c1ccc(F)cc1)(Nc1[nH+]cccc1C)C(F)(F)F. The molecule has 0 saturated heterocycles. The van der Waals surface area contributed by atoms with E-state index in [9.17, 15) is 27.2 Å². The molecule has 0 fully saturated rings. The van der Waals surface area contributed by atoms with Crippen molar-refractivity contribution in [3.05, 3.63) is 59.5 Å². The van der Waals surface area contributed by atoms with Crippen LogP contribution in [0.2, 0.25) is 0 Å². The fourth-order valence-electron chi connectivity index (χ4n) is 2.23. The van der Waals surface area contributed by atoms with Gasteiger partial charge in [-0.3, -0.25) is 10.1 Å². The molecular weight excluding hydrogens is 370 g/mol. The minimum absolute atomic E-state index is 0.153. The Labute approximate surface area is 151 Å². The van der Waals surface area contributed by atoms with Gasteiger partial charge in [0.05, 0.1) is 13.3 Å². The summed E-state index contributed by atoms with van der Waals surface area (Å²) in [7, 11) is 0.760. The average molecular weight is 386 g/mol. The van der Waals surface area contributed by atoms with Crippen LogP contribution < -0.4 is 15.6 Å². The van der Waals surface area contributed by atoms with Crippen molar-refractivity contribution in [2.45, 2.75) is 18.8 Å². The summed E-state index contributed by atoms with van der Waals surface area (Å²) in [5.41, 5.74) is -3.49. The zero-order valence-corrected chi connectivity index (χ0v) is 14.3. The maximum atomic E-state index is 13.9. The first-order valence-electron chi connectivity index (χ1n) is 7.59. The Hall–Kier alpha value is -3.17. The van der Waals surface area contributed by atoms with E-state index in [2.05, 4.69) is 9.72 Å². The number of aromatic nitrogens is 1. The number of alkyl halides is 3. The van der Waals surface area contributed by atoms with Gasteiger partial charge in [-0.05, 0) is 43.3 Å². The summed E-state index contributed by atoms with van der Waals surface area (Å²) in [6.45, 7) is 1.50. The van der Waals surface area contributed by atoms with E-state index < -0.39 is 29.5 Å². The minimum Gasteiger partial charge on any atom is -0.464 e. The number of nitrogens with one attached hydrogen (secondary N) is 3. The van der Waals surface area contributed by atoms with E-state index >= 15 is 0 Å². The van der Waals surface area contributed by atoms with Crippen molar-refractivity contribution >= 4 is 17.7 Å². The number of aryl methyl sites for hydroxylation is 1. The number of H-pyrrole nitrogens is 1. The number of benzene rings is 1. The third-order valence-electron chi connectivity index (χ3n) is 3.70. The highest BCUT2D eigenvalue weighted by molar-refractivity contribution is 5.99. The second kappa shape index (κ2) is 7.60. The molecule has 0 spiro atoms. The maximum absolute atomic E-state index is 13.9. The highest BCUT2D eigenvalue weighted by Gasteiger charge is 2.67. The summed E-state index contributed by atoms with van der Waals surface area (Å²) >= 11 is 0. The molecule has 2 aromatic rings. The Morgan fingerprint density at radius 1 is 1.11 bits per heavy atom. The second-order valence-electron chi connectivity index (χ2n) is 5.55. The number of rotatable bonds is 5. The van der Waals surface area contributed by atoms with Crippen molar-refractivity contribution in [1.29, 1.82) is 0 Å². The first-order valence-corrected chi connectivity index (χ1v) is 7.59. The molecule has 3 N–H and O–H groups in total. The lowest BCUT2D eigenvalue weighted by Crippen LogP contribution is -2.69. The smallest absolute Gasteiger partial charge is 0.464 e. The number of hydrogen-bond acceptors (Lipinski definition) is 4. The Bertz CT molecular complexity index is 840. The van der Waals surface area contributed by atoms with Crippen LogP contribution in [0.3, 0.4) is 0 Å². The third kappa shape index (κ3) is 4.15. The molecule has 0 radical (unpaired) electrons. The molecule has 0 aliphatic carbocycles. The van der Waals surface area contributed by atoms with Gasteiger partial charge in [0.25, 0.3) is 11.7 Å². The number of halogens is 4. The number of methoxy groups -OCH3 is 1. The predicted molar refractivity (Wildman–Crippen MR) is 86.0 cm³/mol. The lowest BCUT2D eigenvalue weighted by Gasteiger charge is -2.30. The van der Waals surface area contributed by atoms with Crippen LogP contribution in [0.25, 0.3) is 0 Å². The Morgan fingerprint density at radius 2 is 1.74 bits per heavy atom. The van der Waals surface area contributed by atoms with Crippen molar-refractivity contribution in [3.63, 3.8) is 0 Å². The molecule has 1 atom stereocenters. The van der Waals surface area contributed by atoms with E-state index in [0.29, 0.717) is 5.56 Å². The molecule has 1 heterocycles. The van der Waals surface area contributed by atoms with E-state index in [0.717, 1.165) is 31.4 Å². The van der Waals surface area contributed by atoms with Crippen LogP contribution in [0.4, 0.5) is 23.4 Å². The zero-order valence-electron chi connectivity index (χ0n) is 14.3. The van der Waals surface area contributed by atoms with Crippen LogP contribution >= 0.6 is 0 Å². The number of aromatic amines is 1. The van der Waals surface area contributed by atoms with Crippen LogP contribution in [-0.2, 0) is 9.53 Å². The Balaban J connectivity index is 2.50. The Kier molecular flexibility index (Phi) is 5.67. The summed E-state index contributed by atoms with van der Waals surface area (Å²) in [6.07, 6.45) is -3.93. The van der Waals surface area contributed by atoms with Crippen molar-refractivity contribution in [3.8, 4) is 0 Å². The fraction of sp³-hybridized carbons (Fsp3) is 0.235. The van der Waals surface area contributed by atoms with Crippen LogP contribution in [0.15, 0.2) is 42.6 Å². The molecular formula is C17H16F4N3O3+. The summed E-state index contributed by atoms with van der Waals surface area (Å²) in [6, 6.07) is 6.84. The van der Waals surface area contributed by atoms with Gasteiger partial charge in [0.15, 0.2) is 0 Å². The van der Waals surface area contributed by atoms with Crippen molar-refractivity contribution < 1.29 is 36.9 Å². The maximum Gasteiger partial charge on any atom is 0.464 e. The van der Waals surface area contributed by atoms with Gasteiger partial charge in [0.1, 0.15) is 5.82 Å². The lowest BCUT2D eigenvalue weighted by molar-refractivity contribution is -0.363. The van der Waals surface area contributed by atoms with Gasteiger partial charge in [-0.25, -0.2) is 19.5 Å². The van der Waals surface area contributed by atoms with Crippen LogP contribution in [0.1, 0.15) is 15.9 Å². The van der Waals surface area contributed by atoms with Gasteiger partial charge in [-0.15, -0.1) is 0 Å². The van der Waals surface area contributed by atoms with Gasteiger partial charge >= 0.3 is 17.8 Å². The molecule has 144 valence electrons. The number of anilines is 1. The Morgan fingerprint density at radius 3 is 2.26 bits per heavy atom. The molecule has 0 unspecified atom stereocenters. The van der Waals surface area contributed by atoms with Crippen LogP contribution in [0, 0.1) is 12.7 Å². The highest BCUT2D eigenvalue weighted by atomic mass is 19.4. The number of carbonyl (C=O) groups excluding carboxylic acids is 2. The minimum atomic E-state index is -5.27. The van der Waals surface area contributed by atoms with Crippen LogP contribution in [0.5, 0.6) is 0 Å². The standard InChI is InChI=1S/C17H15F4N3O3/c1-10-4-3-9-22-13(10)23-16(15(26)27-2,17(19,20)21)24-14(25)11-5-7-12(18)8-6-11/h3-9H,1-2H3,(H,22,23)(H,24,25)/p+1/t16-/m0/s1. The van der Waals surface area contributed by atoms with Crippen molar-refractivity contribution in [2.75, 3.05) is 12.4 Å². The predicted octanol–water partition coefficient (Wildman–Crippen LogP) is 2.22. The van der Waals surface area contributed by atoms with E-state index in [1.165, 1.54) is 19.2 Å². The zero-order chi connectivity index (χ0) is 20.2. The number of amides is 1. The van der Waals surface area contributed by atoms with Gasteiger partial charge in [0, 0.05) is 11.1 Å². The number of hydrogen-bond donors (Lipinski definition) is 2. The number of esters is 1. The monoisotopic (exact) mass is 386 g/mol. The summed E-state index contributed by atoms with van der Waals surface area (Å²) in [4.78, 5) is 27.0. The van der Waals surface area contributed by atoms with E-state index in [-0.39, 0.29) is 11.4 Å². The van der Waals surface area contributed by atoms with Gasteiger partial charge < -0.3 is 4.74 Å². The molecule has 10 heteroatoms. The van der Waals surface area contributed by atoms with Crippen molar-refractivity contribution in [2.24, 2.45) is 0 Å². The molecule has 0 bridgehead atoms. The van der Waals surface area contributed by atoms with E-state index in [4.69, 9.17) is 0 Å². The molecule has 1 amide bonds. The highest BCUT2D eigenvalue weighted by Crippen LogP contribution is 2.33. The fourth-order valence-corrected chi connectivity index (χ4v) is 2.23. The first-order chi connectivity index (χ1) is 12.6. The van der Waals surface area contributed by atoms with Gasteiger partial charge in [-0.1, -0.05) is 0 Å². The lowest BCUT2D eigenvalue weighted by atomic mass is 10.1. The summed E-state index contributed by atoms with van der Waals surface area (Å²) in [5.74, 6) is -3.85. The van der Waals surface area contributed by atoms with Crippen LogP contribution in [-0.4, -0.2) is 30.8 Å². The topological polar surface area (TPSA) is 81.6 Å². The molecule has 0 aliphatic rings. The molecule has 6 nitrogen and oxygen atoms in total. The van der Waals surface area contributed by atoms with Crippen molar-refractivity contribution in [1.82, 2.24) is 5.32 Å². The largest absolute Gasteiger partial charge is 0.464 e. The van der Waals surface area contributed by atoms with E-state index in [1.54, 1.807) is 11.4 Å². The molecule has 1 aromatic carbocycles. The number of carbonyl (C=O) groups is 2. The summed E-state index contributed by atoms with van der Waals surface area (Å²) in [5, 5.41) is 3.64. The molecule has 1 aromatic heterocycles. The molecule has 0 aliphatic heterocycles. The molecule has 2 rings (SSSR count). The molecule has 0 saturated carbocycles. The van der Waals surface area contributed by atoms with Gasteiger partial charge in [-0.2, -0.15) is 13.2 Å². The van der Waals surface area contributed by atoms with Gasteiger partial charge in [0.2, 0.25) is 0 Å². The average Bonchev–Trinajstić information content (AvgIpc) is 2.61. The quantitative estimate of drug-likeness (QED) is 0.469.